The molecule has 1 amide bonds. The Morgan fingerprint density at radius 2 is 2.06 bits per heavy atom. The van der Waals surface area contributed by atoms with E-state index in [1.165, 1.54) is 6.08 Å². The van der Waals surface area contributed by atoms with Gasteiger partial charge >= 0.3 is 5.97 Å². The van der Waals surface area contributed by atoms with Crippen LogP contribution in [0.2, 0.25) is 0 Å². The molecule has 1 spiro atoms. The first-order chi connectivity index (χ1) is 14.6. The monoisotopic (exact) mass is 426 g/mol. The highest BCUT2D eigenvalue weighted by Crippen LogP contribution is 2.48. The standard InChI is InChI=1S/C23H27N3O5/c1-14(24)20(28)15-6-10-25(19(27)13-15)18-8-12-26(2)11-7-16(22(30)31)21(29)23(26)9-4-3-5-17(18)23/h3-5,7,9,11,14-16H,6,8,10,12-13,24H2,1-2H3/p+1/t14-,15?,16?,23?,26+/m0/s1. The molecule has 3 heterocycles. The lowest BCUT2D eigenvalue weighted by Gasteiger charge is -2.54. The number of amides is 1. The number of hydrogen-bond acceptors (Lipinski definition) is 5. The van der Waals surface area contributed by atoms with Gasteiger partial charge in [-0.3, -0.25) is 23.7 Å². The molecule has 1 aliphatic carbocycles. The largest absolute Gasteiger partial charge is 0.480 e. The van der Waals surface area contributed by atoms with Crippen molar-refractivity contribution in [2.45, 2.75) is 37.8 Å². The number of carboxylic acid groups (broad SMARTS) is 1. The van der Waals surface area contributed by atoms with Crippen LogP contribution in [0.1, 0.15) is 26.2 Å². The van der Waals surface area contributed by atoms with Crippen LogP contribution in [0.15, 0.2) is 47.9 Å². The van der Waals surface area contributed by atoms with Crippen LogP contribution >= 0.6 is 0 Å². The number of nitrogens with two attached hydrogens (primary N) is 1. The van der Waals surface area contributed by atoms with Crippen molar-refractivity contribution in [1.29, 1.82) is 0 Å². The molecule has 1 saturated heterocycles. The van der Waals surface area contributed by atoms with E-state index < -0.39 is 29.3 Å². The van der Waals surface area contributed by atoms with Crippen LogP contribution in [0.25, 0.3) is 0 Å². The lowest BCUT2D eigenvalue weighted by atomic mass is 9.69. The quantitative estimate of drug-likeness (QED) is 0.510. The number of Topliss-reactive ketones (excluding diaryl/α,β-unsaturated/α-hetero) is 2. The summed E-state index contributed by atoms with van der Waals surface area (Å²) in [7, 11) is 1.92. The predicted molar refractivity (Wildman–Crippen MR) is 112 cm³/mol. The number of quaternary nitrogens is 1. The van der Waals surface area contributed by atoms with Crippen molar-refractivity contribution in [2.75, 3.05) is 20.1 Å². The average Bonchev–Trinajstić information content (AvgIpc) is 2.73. The number of hydrogen-bond donors (Lipinski definition) is 2. The highest BCUT2D eigenvalue weighted by molar-refractivity contribution is 6.08. The van der Waals surface area contributed by atoms with Gasteiger partial charge in [0, 0.05) is 36.6 Å². The summed E-state index contributed by atoms with van der Waals surface area (Å²) in [6, 6.07) is -0.603. The van der Waals surface area contributed by atoms with Crippen molar-refractivity contribution in [1.82, 2.24) is 4.90 Å². The van der Waals surface area contributed by atoms with Gasteiger partial charge in [0.15, 0.2) is 5.78 Å². The molecule has 31 heavy (non-hydrogen) atoms. The van der Waals surface area contributed by atoms with Crippen molar-refractivity contribution < 1.29 is 28.8 Å². The minimum Gasteiger partial charge on any atom is -0.480 e. The molecular weight excluding hydrogens is 398 g/mol. The minimum atomic E-state index is -1.23. The number of allylic oxidation sites excluding steroid dienone is 2. The second-order valence-electron chi connectivity index (χ2n) is 9.03. The number of carbonyl (C=O) groups excluding carboxylic acids is 3. The molecule has 0 aromatic carbocycles. The second kappa shape index (κ2) is 7.39. The van der Waals surface area contributed by atoms with Gasteiger partial charge in [-0.15, -0.1) is 0 Å². The summed E-state index contributed by atoms with van der Waals surface area (Å²) in [6.45, 7) is 2.57. The van der Waals surface area contributed by atoms with Crippen molar-refractivity contribution in [3.05, 3.63) is 47.9 Å². The van der Waals surface area contributed by atoms with Crippen LogP contribution in [0, 0.1) is 11.8 Å². The number of carboxylic acids is 1. The van der Waals surface area contributed by atoms with Crippen LogP contribution in [0.4, 0.5) is 0 Å². The van der Waals surface area contributed by atoms with Gasteiger partial charge in [0.2, 0.25) is 17.2 Å². The van der Waals surface area contributed by atoms with Gasteiger partial charge in [-0.25, -0.2) is 0 Å². The van der Waals surface area contributed by atoms with Crippen molar-refractivity contribution in [2.24, 2.45) is 17.6 Å². The number of likely N-dealkylation sites (N-methyl/N-ethyl adjacent to an activating group) is 1. The van der Waals surface area contributed by atoms with Crippen LogP contribution in [-0.4, -0.2) is 69.7 Å². The number of piperidine rings is 1. The molecule has 3 N–H and O–H groups in total. The Kier molecular flexibility index (Phi) is 5.10. The van der Waals surface area contributed by atoms with Crippen molar-refractivity contribution >= 4 is 23.4 Å². The van der Waals surface area contributed by atoms with E-state index in [-0.39, 0.29) is 28.5 Å². The Morgan fingerprint density at radius 3 is 2.71 bits per heavy atom. The summed E-state index contributed by atoms with van der Waals surface area (Å²) in [5.41, 5.74) is 5.97. The van der Waals surface area contributed by atoms with E-state index in [0.29, 0.717) is 31.5 Å². The molecule has 4 rings (SSSR count). The molecule has 0 saturated carbocycles. The molecule has 8 nitrogen and oxygen atoms in total. The molecule has 8 heteroatoms. The van der Waals surface area contributed by atoms with E-state index in [1.54, 1.807) is 30.2 Å². The summed E-state index contributed by atoms with van der Waals surface area (Å²) in [4.78, 5) is 52.4. The maximum absolute atomic E-state index is 13.6. The fourth-order valence-electron chi connectivity index (χ4n) is 5.44. The van der Waals surface area contributed by atoms with Crippen LogP contribution < -0.4 is 5.73 Å². The zero-order valence-electron chi connectivity index (χ0n) is 17.8. The molecule has 0 aromatic rings. The van der Waals surface area contributed by atoms with Gasteiger partial charge in [0.1, 0.15) is 5.92 Å². The molecule has 1 fully saturated rings. The van der Waals surface area contributed by atoms with E-state index >= 15 is 0 Å². The van der Waals surface area contributed by atoms with Gasteiger partial charge in [0.25, 0.3) is 0 Å². The highest BCUT2D eigenvalue weighted by Gasteiger charge is 2.62. The SMILES string of the molecule is C[C@H](N)C(=O)C1CCN(C2=C3C=CC=CC34C(=O)C(C(=O)O)C=C[N@+]4(C)CC2)C(=O)C1. The lowest BCUT2D eigenvalue weighted by Crippen LogP contribution is -2.69. The molecule has 0 bridgehead atoms. The number of rotatable bonds is 4. The first-order valence-corrected chi connectivity index (χ1v) is 10.6. The Labute approximate surface area is 180 Å². The lowest BCUT2D eigenvalue weighted by molar-refractivity contribution is -0.892. The number of likely N-dealkylation sites (tertiary alicyclic amines) is 1. The Morgan fingerprint density at radius 1 is 1.32 bits per heavy atom. The maximum atomic E-state index is 13.6. The third-order valence-corrected chi connectivity index (χ3v) is 7.18. The fraction of sp³-hybridized carbons (Fsp3) is 0.478. The van der Waals surface area contributed by atoms with Crippen LogP contribution in [0.3, 0.4) is 0 Å². The smallest absolute Gasteiger partial charge is 0.318 e. The van der Waals surface area contributed by atoms with Gasteiger partial charge in [-0.05, 0) is 25.5 Å². The second-order valence-corrected chi connectivity index (χ2v) is 9.03. The van der Waals surface area contributed by atoms with Gasteiger partial charge in [0.05, 0.1) is 25.8 Å². The maximum Gasteiger partial charge on any atom is 0.318 e. The number of carbonyl (C=O) groups is 4. The summed E-state index contributed by atoms with van der Waals surface area (Å²) in [5.74, 6) is -3.45. The third kappa shape index (κ3) is 3.04. The third-order valence-electron chi connectivity index (χ3n) is 7.18. The number of aliphatic carboxylic acids is 1. The summed E-state index contributed by atoms with van der Waals surface area (Å²) >= 11 is 0. The van der Waals surface area contributed by atoms with Crippen LogP contribution in [0.5, 0.6) is 0 Å². The van der Waals surface area contributed by atoms with Gasteiger partial charge in [-0.1, -0.05) is 18.2 Å². The molecule has 3 aliphatic heterocycles. The molecule has 5 atom stereocenters. The first-order valence-electron chi connectivity index (χ1n) is 10.6. The van der Waals surface area contributed by atoms with E-state index in [0.717, 1.165) is 5.70 Å². The molecule has 164 valence electrons. The average molecular weight is 426 g/mol. The first kappa shape index (κ1) is 21.4. The number of nitrogens with zero attached hydrogens (tertiary/aromatic N) is 2. The number of ketones is 2. The molecule has 4 aliphatic rings. The Balaban J connectivity index is 1.76. The zero-order chi connectivity index (χ0) is 22.6. The minimum absolute atomic E-state index is 0.0986. The summed E-state index contributed by atoms with van der Waals surface area (Å²) in [5, 5.41) is 9.61. The zero-order valence-corrected chi connectivity index (χ0v) is 17.8. The molecule has 0 radical (unpaired) electrons. The topological polar surface area (TPSA) is 118 Å². The van der Waals surface area contributed by atoms with E-state index in [1.807, 2.05) is 19.2 Å². The normalized spacial score (nSPS) is 35.6. The molecule has 0 aromatic heterocycles. The Bertz CT molecular complexity index is 991. The summed E-state index contributed by atoms with van der Waals surface area (Å²) < 4.78 is 0.239. The van der Waals surface area contributed by atoms with E-state index in [4.69, 9.17) is 5.73 Å². The predicted octanol–water partition coefficient (Wildman–Crippen LogP) is 0.908. The van der Waals surface area contributed by atoms with Gasteiger partial charge in [-0.2, -0.15) is 0 Å². The van der Waals surface area contributed by atoms with Crippen molar-refractivity contribution in [3.8, 4) is 0 Å². The highest BCUT2D eigenvalue weighted by atomic mass is 16.4. The Hall–Kier alpha value is -2.84. The van der Waals surface area contributed by atoms with E-state index in [9.17, 15) is 24.3 Å². The van der Waals surface area contributed by atoms with Crippen molar-refractivity contribution in [3.63, 3.8) is 0 Å². The van der Waals surface area contributed by atoms with Crippen LogP contribution in [-0.2, 0) is 19.2 Å². The fourth-order valence-corrected chi connectivity index (χ4v) is 5.44. The molecular formula is C23H28N3O5+. The van der Waals surface area contributed by atoms with Gasteiger partial charge < -0.3 is 15.7 Å². The summed E-state index contributed by atoms with van der Waals surface area (Å²) in [6.07, 6.45) is 11.7. The van der Waals surface area contributed by atoms with E-state index in [2.05, 4.69) is 0 Å². The molecule has 3 unspecified atom stereocenters.